The summed E-state index contributed by atoms with van der Waals surface area (Å²) >= 11 is 3.56. The first-order valence-electron chi connectivity index (χ1n) is 24.9. The third-order valence-corrected chi connectivity index (χ3v) is 17.7. The maximum absolute atomic E-state index is 12.2. The molecule has 0 aliphatic carbocycles. The lowest BCUT2D eigenvalue weighted by Gasteiger charge is -2.26. The molecule has 346 valence electrons. The standard InChI is InChI=1S/C68H36N4OS2/c1-70-60-57(40-21-7-3-8-22-40)52(38-69)61(71-53-29-15-11-25-42(53)51-37-50(39-19-5-2-6-20-39)59-49-28-14-18-32-56(49)75-68(59)64(51)71)58(41-23-9-4-10-24-41)65(60)72-62-45(33-35-47-43-26-12-16-30-54(43)73-66(47)62)46-34-36-48-44-27-13-17-31-55(44)74-67(48)63(46)72/h2-37H. The second-order valence-corrected chi connectivity index (χ2v) is 21.3. The van der Waals surface area contributed by atoms with Crippen LogP contribution in [0, 0.1) is 17.9 Å². The van der Waals surface area contributed by atoms with Crippen molar-refractivity contribution in [3.8, 4) is 50.8 Å². The molecule has 16 aromatic rings. The van der Waals surface area contributed by atoms with Crippen molar-refractivity contribution in [2.45, 2.75) is 0 Å². The zero-order valence-electron chi connectivity index (χ0n) is 39.8. The lowest BCUT2D eigenvalue weighted by atomic mass is 9.88. The zero-order chi connectivity index (χ0) is 49.5. The average Bonchev–Trinajstić information content (AvgIpc) is 4.43. The van der Waals surface area contributed by atoms with Gasteiger partial charge in [0.2, 0.25) is 5.69 Å². The summed E-state index contributed by atoms with van der Waals surface area (Å²) in [5.41, 5.74) is 12.8. The van der Waals surface area contributed by atoms with Gasteiger partial charge in [0.05, 0.1) is 55.0 Å². The predicted molar refractivity (Wildman–Crippen MR) is 315 cm³/mol. The third-order valence-electron chi connectivity index (χ3n) is 15.4. The van der Waals surface area contributed by atoms with Gasteiger partial charge in [0, 0.05) is 74.4 Å². The van der Waals surface area contributed by atoms with E-state index < -0.39 is 0 Å². The molecule has 0 spiro atoms. The Morgan fingerprint density at radius 3 is 1.71 bits per heavy atom. The first kappa shape index (κ1) is 41.8. The van der Waals surface area contributed by atoms with Crippen LogP contribution in [0.1, 0.15) is 5.56 Å². The van der Waals surface area contributed by atoms with Crippen LogP contribution in [0.15, 0.2) is 223 Å². The molecule has 0 fully saturated rings. The topological polar surface area (TPSA) is 51.1 Å². The molecule has 0 atom stereocenters. The van der Waals surface area contributed by atoms with Crippen LogP contribution in [0.4, 0.5) is 5.69 Å². The van der Waals surface area contributed by atoms with E-state index in [9.17, 15) is 11.8 Å². The highest BCUT2D eigenvalue weighted by molar-refractivity contribution is 7.27. The van der Waals surface area contributed by atoms with E-state index in [0.717, 1.165) is 108 Å². The predicted octanol–water partition coefficient (Wildman–Crippen LogP) is 19.9. The fourth-order valence-corrected chi connectivity index (χ4v) is 14.8. The molecule has 16 rings (SSSR count). The summed E-state index contributed by atoms with van der Waals surface area (Å²) in [7, 11) is 0. The van der Waals surface area contributed by atoms with Crippen LogP contribution in [0.3, 0.4) is 0 Å². The van der Waals surface area contributed by atoms with Crippen LogP contribution >= 0.6 is 22.7 Å². The van der Waals surface area contributed by atoms with Crippen LogP contribution in [0.2, 0.25) is 0 Å². The van der Waals surface area contributed by atoms with Crippen LogP contribution in [0.5, 0.6) is 0 Å². The van der Waals surface area contributed by atoms with Crippen molar-refractivity contribution in [3.05, 3.63) is 235 Å². The molecule has 0 saturated heterocycles. The number of para-hydroxylation sites is 2. The quantitative estimate of drug-likeness (QED) is 0.161. The highest BCUT2D eigenvalue weighted by atomic mass is 32.1. The molecule has 0 amide bonds. The van der Waals surface area contributed by atoms with Gasteiger partial charge in [-0.2, -0.15) is 5.26 Å². The van der Waals surface area contributed by atoms with Crippen molar-refractivity contribution >= 4 is 134 Å². The van der Waals surface area contributed by atoms with E-state index in [1.54, 1.807) is 22.7 Å². The van der Waals surface area contributed by atoms with E-state index in [1.165, 1.54) is 25.6 Å². The van der Waals surface area contributed by atoms with Crippen molar-refractivity contribution < 1.29 is 4.42 Å². The summed E-state index contributed by atoms with van der Waals surface area (Å²) < 4.78 is 16.4. The summed E-state index contributed by atoms with van der Waals surface area (Å²) in [6, 6.07) is 79.5. The molecule has 0 aliphatic rings. The number of nitrogens with zero attached hydrogens (tertiary/aromatic N) is 4. The van der Waals surface area contributed by atoms with Gasteiger partial charge in [-0.05, 0) is 58.7 Å². The first-order chi connectivity index (χ1) is 37.2. The van der Waals surface area contributed by atoms with Gasteiger partial charge in [0.15, 0.2) is 5.58 Å². The van der Waals surface area contributed by atoms with Crippen LogP contribution in [0.25, 0.3) is 155 Å². The van der Waals surface area contributed by atoms with Crippen molar-refractivity contribution in [3.63, 3.8) is 0 Å². The summed E-state index contributed by atoms with van der Waals surface area (Å²) in [5.74, 6) is 0. The average molecular weight is 989 g/mol. The third kappa shape index (κ3) is 5.74. The molecular formula is C68H36N4OS2. The van der Waals surface area contributed by atoms with Gasteiger partial charge >= 0.3 is 0 Å². The molecule has 5 heterocycles. The monoisotopic (exact) mass is 988 g/mol. The van der Waals surface area contributed by atoms with Crippen LogP contribution < -0.4 is 0 Å². The minimum absolute atomic E-state index is 0.379. The maximum atomic E-state index is 12.2. The zero-order valence-corrected chi connectivity index (χ0v) is 41.4. The van der Waals surface area contributed by atoms with Gasteiger partial charge in [0.1, 0.15) is 11.7 Å². The molecule has 11 aromatic carbocycles. The molecule has 7 heteroatoms. The van der Waals surface area contributed by atoms with Crippen molar-refractivity contribution in [2.75, 3.05) is 0 Å². The molecule has 0 saturated carbocycles. The van der Waals surface area contributed by atoms with Crippen molar-refractivity contribution in [1.29, 1.82) is 5.26 Å². The minimum Gasteiger partial charge on any atom is -0.454 e. The number of nitriles is 1. The summed E-state index contributed by atoms with van der Waals surface area (Å²) in [6.07, 6.45) is 0. The Labute approximate surface area is 436 Å². The lowest BCUT2D eigenvalue weighted by Crippen LogP contribution is -2.09. The number of benzene rings is 11. The highest BCUT2D eigenvalue weighted by Gasteiger charge is 2.34. The molecule has 5 nitrogen and oxygen atoms in total. The smallest absolute Gasteiger partial charge is 0.220 e. The Bertz CT molecular complexity index is 5070. The van der Waals surface area contributed by atoms with Gasteiger partial charge in [-0.15, -0.1) is 22.7 Å². The van der Waals surface area contributed by atoms with Crippen LogP contribution in [-0.4, -0.2) is 9.13 Å². The molecule has 75 heavy (non-hydrogen) atoms. The molecular weight excluding hydrogens is 953 g/mol. The van der Waals surface area contributed by atoms with Gasteiger partial charge < -0.3 is 13.6 Å². The normalized spacial score (nSPS) is 12.0. The SMILES string of the molecule is [C-]#[N+]c1c(-c2ccccc2)c(C#N)c(-n2c3ccccc3c3cc(-c4ccccc4)c4c5ccccc5sc4c32)c(-c2ccccc2)c1-n1c2c(ccc3c4ccccc4oc32)c2ccc3c4ccccc4sc3c21. The summed E-state index contributed by atoms with van der Waals surface area (Å²) in [4.78, 5) is 4.67. The molecule has 5 aromatic heterocycles. The summed E-state index contributed by atoms with van der Waals surface area (Å²) in [6.45, 7) is 9.58. The van der Waals surface area contributed by atoms with Gasteiger partial charge in [-0.3, -0.25) is 0 Å². The molecule has 0 bridgehead atoms. The fourth-order valence-electron chi connectivity index (χ4n) is 12.3. The number of rotatable bonds is 5. The largest absolute Gasteiger partial charge is 0.454 e. The van der Waals surface area contributed by atoms with E-state index in [0.29, 0.717) is 28.2 Å². The number of thiophene rings is 2. The number of hydrogen-bond acceptors (Lipinski definition) is 4. The Morgan fingerprint density at radius 1 is 0.440 bits per heavy atom. The van der Waals surface area contributed by atoms with Crippen molar-refractivity contribution in [2.24, 2.45) is 0 Å². The first-order valence-corrected chi connectivity index (χ1v) is 26.6. The number of furan rings is 1. The Kier molecular flexibility index (Phi) is 8.85. The van der Waals surface area contributed by atoms with E-state index in [4.69, 9.17) is 4.42 Å². The van der Waals surface area contributed by atoms with Gasteiger partial charge in [0.25, 0.3) is 0 Å². The highest BCUT2D eigenvalue weighted by Crippen LogP contribution is 2.56. The second-order valence-electron chi connectivity index (χ2n) is 19.2. The molecule has 0 N–H and O–H groups in total. The maximum Gasteiger partial charge on any atom is 0.220 e. The lowest BCUT2D eigenvalue weighted by molar-refractivity contribution is 0.671. The fraction of sp³-hybridized carbons (Fsp3) is 0. The van der Waals surface area contributed by atoms with E-state index in [2.05, 4.69) is 190 Å². The Balaban J connectivity index is 1.21. The Morgan fingerprint density at radius 2 is 0.987 bits per heavy atom. The van der Waals surface area contributed by atoms with E-state index in [-0.39, 0.29) is 0 Å². The number of aromatic nitrogens is 2. The van der Waals surface area contributed by atoms with E-state index in [1.807, 2.05) is 48.5 Å². The number of fused-ring (bicyclic) bond motifs is 18. The number of hydrogen-bond donors (Lipinski definition) is 0. The van der Waals surface area contributed by atoms with Gasteiger partial charge in [-0.25, -0.2) is 4.85 Å². The molecule has 0 radical (unpaired) electrons. The van der Waals surface area contributed by atoms with E-state index >= 15 is 0 Å². The Hall–Kier alpha value is -9.76. The minimum atomic E-state index is 0.379. The van der Waals surface area contributed by atoms with Gasteiger partial charge in [-0.1, -0.05) is 182 Å². The molecule has 0 aliphatic heterocycles. The molecule has 0 unspecified atom stereocenters. The second kappa shape index (κ2) is 15.9. The van der Waals surface area contributed by atoms with Crippen LogP contribution in [-0.2, 0) is 0 Å². The van der Waals surface area contributed by atoms with Crippen molar-refractivity contribution in [1.82, 2.24) is 9.13 Å². The summed E-state index contributed by atoms with van der Waals surface area (Å²) in [5, 5.41) is 23.1.